The van der Waals surface area contributed by atoms with Gasteiger partial charge in [-0.15, -0.1) is 11.3 Å². The SMILES string of the molecule is CC(=O)N(c1cccc(Cl)c1)c1nc(C=C(C#N)C(=O)Nc2cccc(C(F)(F)F)c2)cs1. The van der Waals surface area contributed by atoms with E-state index in [1.165, 1.54) is 29.3 Å². The lowest BCUT2D eigenvalue weighted by atomic mass is 10.1. The third-order valence-electron chi connectivity index (χ3n) is 4.19. The molecule has 0 spiro atoms. The van der Waals surface area contributed by atoms with Gasteiger partial charge in [-0.3, -0.25) is 14.5 Å². The Morgan fingerprint density at radius 2 is 1.94 bits per heavy atom. The number of carbonyl (C=O) groups excluding carboxylic acids is 2. The van der Waals surface area contributed by atoms with Crippen molar-refractivity contribution in [1.29, 1.82) is 5.26 Å². The highest BCUT2D eigenvalue weighted by atomic mass is 35.5. The van der Waals surface area contributed by atoms with E-state index in [1.807, 2.05) is 0 Å². The molecule has 1 heterocycles. The van der Waals surface area contributed by atoms with Gasteiger partial charge in [0.1, 0.15) is 11.6 Å². The zero-order valence-corrected chi connectivity index (χ0v) is 18.4. The van der Waals surface area contributed by atoms with Crippen molar-refractivity contribution in [2.45, 2.75) is 13.1 Å². The van der Waals surface area contributed by atoms with Gasteiger partial charge in [0.25, 0.3) is 5.91 Å². The number of aromatic nitrogens is 1. The lowest BCUT2D eigenvalue weighted by molar-refractivity contribution is -0.137. The van der Waals surface area contributed by atoms with Crippen LogP contribution in [0.3, 0.4) is 0 Å². The molecule has 3 rings (SSSR count). The van der Waals surface area contributed by atoms with E-state index in [4.69, 9.17) is 11.6 Å². The Hall–Kier alpha value is -3.68. The second-order valence-electron chi connectivity index (χ2n) is 6.59. The quantitative estimate of drug-likeness (QED) is 0.348. The molecule has 0 saturated carbocycles. The molecular weight excluding hydrogens is 477 g/mol. The molecule has 3 aromatic rings. The maximum Gasteiger partial charge on any atom is 0.416 e. The molecular formula is C22H14ClF3N4O2S. The number of benzene rings is 2. The molecule has 0 bridgehead atoms. The second-order valence-corrected chi connectivity index (χ2v) is 7.86. The maximum absolute atomic E-state index is 12.9. The van der Waals surface area contributed by atoms with Crippen LogP contribution in [0.1, 0.15) is 18.2 Å². The fourth-order valence-corrected chi connectivity index (χ4v) is 3.78. The first kappa shape index (κ1) is 24.0. The number of hydrogen-bond donors (Lipinski definition) is 1. The summed E-state index contributed by atoms with van der Waals surface area (Å²) < 4.78 is 38.6. The van der Waals surface area contributed by atoms with Crippen LogP contribution in [0.25, 0.3) is 6.08 Å². The number of nitriles is 1. The number of carbonyl (C=O) groups is 2. The van der Waals surface area contributed by atoms with Crippen LogP contribution in [0.4, 0.5) is 29.7 Å². The van der Waals surface area contributed by atoms with Gasteiger partial charge >= 0.3 is 6.18 Å². The van der Waals surface area contributed by atoms with E-state index in [2.05, 4.69) is 10.3 Å². The molecule has 0 radical (unpaired) electrons. The Morgan fingerprint density at radius 1 is 1.21 bits per heavy atom. The van der Waals surface area contributed by atoms with E-state index in [0.29, 0.717) is 10.7 Å². The molecule has 0 saturated heterocycles. The van der Waals surface area contributed by atoms with Crippen molar-refractivity contribution in [1.82, 2.24) is 4.98 Å². The van der Waals surface area contributed by atoms with Crippen molar-refractivity contribution in [2.24, 2.45) is 0 Å². The molecule has 33 heavy (non-hydrogen) atoms. The van der Waals surface area contributed by atoms with Crippen molar-refractivity contribution in [3.05, 3.63) is 75.8 Å². The summed E-state index contributed by atoms with van der Waals surface area (Å²) in [6, 6.07) is 12.4. The van der Waals surface area contributed by atoms with Gasteiger partial charge < -0.3 is 5.32 Å². The number of halogens is 4. The molecule has 0 atom stereocenters. The minimum atomic E-state index is -4.57. The largest absolute Gasteiger partial charge is 0.416 e. The van der Waals surface area contributed by atoms with Gasteiger partial charge in [-0.05, 0) is 42.5 Å². The van der Waals surface area contributed by atoms with Gasteiger partial charge in [-0.25, -0.2) is 4.98 Å². The Balaban J connectivity index is 1.84. The first-order valence-electron chi connectivity index (χ1n) is 9.20. The number of nitrogens with one attached hydrogen (secondary N) is 1. The van der Waals surface area contributed by atoms with Crippen LogP contribution in [-0.2, 0) is 15.8 Å². The first-order valence-corrected chi connectivity index (χ1v) is 10.5. The molecule has 2 amide bonds. The minimum Gasteiger partial charge on any atom is -0.321 e. The fraction of sp³-hybridized carbons (Fsp3) is 0.0909. The van der Waals surface area contributed by atoms with Crippen LogP contribution in [-0.4, -0.2) is 16.8 Å². The summed E-state index contributed by atoms with van der Waals surface area (Å²) in [4.78, 5) is 30.2. The van der Waals surface area contributed by atoms with Crippen LogP contribution in [0.2, 0.25) is 5.02 Å². The second kappa shape index (κ2) is 9.85. The highest BCUT2D eigenvalue weighted by molar-refractivity contribution is 7.14. The topological polar surface area (TPSA) is 86.1 Å². The summed E-state index contributed by atoms with van der Waals surface area (Å²) in [5.74, 6) is -1.23. The number of hydrogen-bond acceptors (Lipinski definition) is 5. The third-order valence-corrected chi connectivity index (χ3v) is 5.27. The molecule has 0 fully saturated rings. The Labute approximate surface area is 195 Å². The average Bonchev–Trinajstić information content (AvgIpc) is 3.19. The van der Waals surface area contributed by atoms with Crippen LogP contribution in [0.5, 0.6) is 0 Å². The number of anilines is 3. The smallest absolute Gasteiger partial charge is 0.321 e. The van der Waals surface area contributed by atoms with E-state index in [1.54, 1.807) is 30.3 Å². The predicted molar refractivity (Wildman–Crippen MR) is 120 cm³/mol. The highest BCUT2D eigenvalue weighted by Crippen LogP contribution is 2.32. The Kier molecular flexibility index (Phi) is 7.16. The van der Waals surface area contributed by atoms with Gasteiger partial charge in [0.15, 0.2) is 5.13 Å². The van der Waals surface area contributed by atoms with E-state index < -0.39 is 17.6 Å². The molecule has 1 N–H and O–H groups in total. The van der Waals surface area contributed by atoms with Gasteiger partial charge in [-0.2, -0.15) is 18.4 Å². The van der Waals surface area contributed by atoms with Crippen LogP contribution < -0.4 is 10.2 Å². The standard InChI is InChI=1S/C22H14ClF3N4O2S/c1-13(31)30(19-7-3-5-16(23)10-19)21-29-18(12-33-21)8-14(11-27)20(32)28-17-6-2-4-15(9-17)22(24,25)26/h2-10,12H,1H3,(H,28,32). The molecule has 168 valence electrons. The predicted octanol–water partition coefficient (Wildman–Crippen LogP) is 6.05. The van der Waals surface area contributed by atoms with Crippen molar-refractivity contribution < 1.29 is 22.8 Å². The Bertz CT molecular complexity index is 1280. The van der Waals surface area contributed by atoms with Crippen molar-refractivity contribution in [3.63, 3.8) is 0 Å². The summed E-state index contributed by atoms with van der Waals surface area (Å²) in [7, 11) is 0. The zero-order valence-electron chi connectivity index (χ0n) is 16.9. The van der Waals surface area contributed by atoms with Crippen molar-refractivity contribution in [3.8, 4) is 6.07 Å². The highest BCUT2D eigenvalue weighted by Gasteiger charge is 2.30. The van der Waals surface area contributed by atoms with E-state index >= 15 is 0 Å². The minimum absolute atomic E-state index is 0.112. The monoisotopic (exact) mass is 490 g/mol. The van der Waals surface area contributed by atoms with Gasteiger partial charge in [0.2, 0.25) is 5.91 Å². The van der Waals surface area contributed by atoms with Crippen LogP contribution in [0, 0.1) is 11.3 Å². The van der Waals surface area contributed by atoms with Crippen LogP contribution in [0.15, 0.2) is 59.5 Å². The lowest BCUT2D eigenvalue weighted by Gasteiger charge is -2.18. The average molecular weight is 491 g/mol. The number of nitrogens with zero attached hydrogens (tertiary/aromatic N) is 3. The zero-order chi connectivity index (χ0) is 24.2. The summed E-state index contributed by atoms with van der Waals surface area (Å²) in [5.41, 5.74) is -0.709. The molecule has 6 nitrogen and oxygen atoms in total. The maximum atomic E-state index is 12.9. The summed E-state index contributed by atoms with van der Waals surface area (Å²) in [5, 5.41) is 13.9. The summed E-state index contributed by atoms with van der Waals surface area (Å²) >= 11 is 7.10. The number of alkyl halides is 3. The Morgan fingerprint density at radius 3 is 2.58 bits per heavy atom. The van der Waals surface area contributed by atoms with Gasteiger partial charge in [-0.1, -0.05) is 23.7 Å². The van der Waals surface area contributed by atoms with Gasteiger partial charge in [0, 0.05) is 23.0 Å². The number of rotatable bonds is 5. The van der Waals surface area contributed by atoms with E-state index in [0.717, 1.165) is 29.5 Å². The van der Waals surface area contributed by atoms with Crippen molar-refractivity contribution >= 4 is 57.3 Å². The van der Waals surface area contributed by atoms with Gasteiger partial charge in [0.05, 0.1) is 16.9 Å². The number of amides is 2. The summed E-state index contributed by atoms with van der Waals surface area (Å²) in [6.07, 6.45) is -3.39. The van der Waals surface area contributed by atoms with Crippen molar-refractivity contribution in [2.75, 3.05) is 10.2 Å². The third kappa shape index (κ3) is 5.97. The number of thiazole rings is 1. The molecule has 0 unspecified atom stereocenters. The normalized spacial score (nSPS) is 11.6. The molecule has 11 heteroatoms. The summed E-state index contributed by atoms with van der Waals surface area (Å²) in [6.45, 7) is 1.35. The lowest BCUT2D eigenvalue weighted by Crippen LogP contribution is -2.22. The molecule has 0 aliphatic rings. The molecule has 2 aromatic carbocycles. The van der Waals surface area contributed by atoms with E-state index in [-0.39, 0.29) is 28.0 Å². The van der Waals surface area contributed by atoms with E-state index in [9.17, 15) is 28.0 Å². The fourth-order valence-electron chi connectivity index (χ4n) is 2.76. The molecule has 0 aliphatic heterocycles. The molecule has 0 aliphatic carbocycles. The molecule has 1 aromatic heterocycles. The van der Waals surface area contributed by atoms with Crippen LogP contribution >= 0.6 is 22.9 Å². The first-order chi connectivity index (χ1) is 15.6.